The highest BCUT2D eigenvalue weighted by atomic mass is 79.9. The van der Waals surface area contributed by atoms with Gasteiger partial charge in [-0.25, -0.2) is 9.78 Å². The largest absolute Gasteiger partial charge is 0.444 e. The molecule has 0 bridgehead atoms. The van der Waals surface area contributed by atoms with Crippen molar-refractivity contribution >= 4 is 33.1 Å². The summed E-state index contributed by atoms with van der Waals surface area (Å²) in [6, 6.07) is 0.430. The molecule has 2 heterocycles. The van der Waals surface area contributed by atoms with Gasteiger partial charge >= 0.3 is 6.09 Å². The van der Waals surface area contributed by atoms with Crippen molar-refractivity contribution in [3.8, 4) is 0 Å². The Hall–Kier alpha value is -1.63. The summed E-state index contributed by atoms with van der Waals surface area (Å²) in [5.74, 6) is 0. The summed E-state index contributed by atoms with van der Waals surface area (Å²) in [7, 11) is 0. The minimum atomic E-state index is -0.476. The van der Waals surface area contributed by atoms with E-state index in [0.29, 0.717) is 6.04 Å². The Morgan fingerprint density at radius 1 is 1.38 bits per heavy atom. The van der Waals surface area contributed by atoms with Crippen molar-refractivity contribution in [2.75, 3.05) is 0 Å². The van der Waals surface area contributed by atoms with Crippen LogP contribution >= 0.6 is 15.9 Å². The summed E-state index contributed by atoms with van der Waals surface area (Å²) in [6.45, 7) is 5.62. The van der Waals surface area contributed by atoms with E-state index in [-0.39, 0.29) is 12.1 Å². The van der Waals surface area contributed by atoms with Crippen molar-refractivity contribution in [2.45, 2.75) is 64.1 Å². The molecule has 0 unspecified atom stereocenters. The minimum absolute atomic E-state index is 0.122. The normalized spacial score (nSPS) is 21.7. The smallest absolute Gasteiger partial charge is 0.407 e. The molecule has 6 nitrogen and oxygen atoms in total. The number of amides is 1. The fourth-order valence-corrected chi connectivity index (χ4v) is 3.78. The number of halogens is 1. The number of rotatable bonds is 2. The molecule has 2 atom stereocenters. The Morgan fingerprint density at radius 3 is 2.92 bits per heavy atom. The second-order valence-electron chi connectivity index (χ2n) is 7.30. The van der Waals surface area contributed by atoms with Crippen LogP contribution in [0.15, 0.2) is 23.2 Å². The molecule has 0 radical (unpaired) electrons. The number of pyridine rings is 1. The fraction of sp³-hybridized carbons (Fsp3) is 0.588. The maximum Gasteiger partial charge on any atom is 0.407 e. The van der Waals surface area contributed by atoms with Gasteiger partial charge in [-0.3, -0.25) is 4.98 Å². The van der Waals surface area contributed by atoms with Gasteiger partial charge in [0.25, 0.3) is 0 Å². The quantitative estimate of drug-likeness (QED) is 0.828. The molecule has 0 spiro atoms. The van der Waals surface area contributed by atoms with Gasteiger partial charge in [0, 0.05) is 18.3 Å². The standard InChI is InChI=1S/C17H23BrN4O2/c1-17(2,3)24-16(23)21-11-5-4-6-12(7-11)22-10-20-14-9-19-8-13(18)15(14)22/h8-12H,4-7H2,1-3H3,(H,21,23)/t11-,12+/m1/s1. The third kappa shape index (κ3) is 3.88. The monoisotopic (exact) mass is 394 g/mol. The highest BCUT2D eigenvalue weighted by Gasteiger charge is 2.27. The first kappa shape index (κ1) is 17.2. The lowest BCUT2D eigenvalue weighted by Gasteiger charge is -2.31. The summed E-state index contributed by atoms with van der Waals surface area (Å²) in [4.78, 5) is 20.6. The molecule has 2 aromatic heterocycles. The second kappa shape index (κ2) is 6.70. The van der Waals surface area contributed by atoms with Crippen LogP contribution in [-0.4, -0.2) is 32.3 Å². The maximum absolute atomic E-state index is 12.0. The van der Waals surface area contributed by atoms with E-state index in [4.69, 9.17) is 4.74 Å². The number of hydrogen-bond donors (Lipinski definition) is 1. The number of carbonyl (C=O) groups excluding carboxylic acids is 1. The van der Waals surface area contributed by atoms with Crippen LogP contribution in [0.3, 0.4) is 0 Å². The predicted octanol–water partition coefficient (Wildman–Crippen LogP) is 4.20. The maximum atomic E-state index is 12.0. The molecule has 1 N–H and O–H groups in total. The highest BCUT2D eigenvalue weighted by molar-refractivity contribution is 9.10. The van der Waals surface area contributed by atoms with Gasteiger partial charge in [0.15, 0.2) is 0 Å². The molecule has 2 aromatic rings. The van der Waals surface area contributed by atoms with E-state index < -0.39 is 5.60 Å². The summed E-state index contributed by atoms with van der Waals surface area (Å²) in [5, 5.41) is 3.01. The summed E-state index contributed by atoms with van der Waals surface area (Å²) in [6.07, 6.45) is 9.09. The number of fused-ring (bicyclic) bond motifs is 1. The van der Waals surface area contributed by atoms with Gasteiger partial charge < -0.3 is 14.6 Å². The second-order valence-corrected chi connectivity index (χ2v) is 8.16. The first-order chi connectivity index (χ1) is 11.3. The van der Waals surface area contributed by atoms with Crippen LogP contribution < -0.4 is 5.32 Å². The average molecular weight is 395 g/mol. The van der Waals surface area contributed by atoms with Crippen LogP contribution in [0, 0.1) is 0 Å². The zero-order valence-corrected chi connectivity index (χ0v) is 15.8. The van der Waals surface area contributed by atoms with Crippen LogP contribution in [0.25, 0.3) is 11.0 Å². The molecule has 0 aliphatic heterocycles. The van der Waals surface area contributed by atoms with Crippen molar-refractivity contribution in [2.24, 2.45) is 0 Å². The molecule has 1 aliphatic rings. The van der Waals surface area contributed by atoms with Gasteiger partial charge in [0.2, 0.25) is 0 Å². The van der Waals surface area contributed by atoms with Gasteiger partial charge in [0.05, 0.1) is 22.5 Å². The fourth-order valence-electron chi connectivity index (χ4n) is 3.25. The summed E-state index contributed by atoms with van der Waals surface area (Å²) < 4.78 is 8.51. The van der Waals surface area contributed by atoms with Crippen LogP contribution in [0.4, 0.5) is 4.79 Å². The molecular weight excluding hydrogens is 372 g/mol. The molecule has 0 saturated heterocycles. The van der Waals surface area contributed by atoms with Crippen LogP contribution in [-0.2, 0) is 4.74 Å². The molecule has 1 saturated carbocycles. The van der Waals surface area contributed by atoms with E-state index in [1.165, 1.54) is 0 Å². The number of carbonyl (C=O) groups is 1. The van der Waals surface area contributed by atoms with E-state index in [0.717, 1.165) is 41.2 Å². The van der Waals surface area contributed by atoms with Crippen molar-refractivity contribution < 1.29 is 9.53 Å². The first-order valence-corrected chi connectivity index (χ1v) is 9.08. The number of aromatic nitrogens is 3. The lowest BCUT2D eigenvalue weighted by molar-refractivity contribution is 0.0486. The average Bonchev–Trinajstić information content (AvgIpc) is 2.91. The molecule has 130 valence electrons. The van der Waals surface area contributed by atoms with E-state index in [2.05, 4.69) is 35.8 Å². The Balaban J connectivity index is 1.72. The third-order valence-electron chi connectivity index (χ3n) is 4.19. The van der Waals surface area contributed by atoms with Gasteiger partial charge in [-0.15, -0.1) is 0 Å². The number of ether oxygens (including phenoxy) is 1. The number of nitrogens with zero attached hydrogens (tertiary/aromatic N) is 3. The van der Waals surface area contributed by atoms with Gasteiger partial charge in [0.1, 0.15) is 11.1 Å². The first-order valence-electron chi connectivity index (χ1n) is 8.29. The highest BCUT2D eigenvalue weighted by Crippen LogP contribution is 2.33. The summed E-state index contributed by atoms with van der Waals surface area (Å²) in [5.41, 5.74) is 1.47. The molecule has 1 aliphatic carbocycles. The van der Waals surface area contributed by atoms with Gasteiger partial charge in [-0.05, 0) is 62.4 Å². The lowest BCUT2D eigenvalue weighted by atomic mass is 9.91. The van der Waals surface area contributed by atoms with Crippen molar-refractivity contribution in [3.05, 3.63) is 23.2 Å². The van der Waals surface area contributed by atoms with E-state index in [1.54, 1.807) is 12.4 Å². The van der Waals surface area contributed by atoms with Crippen molar-refractivity contribution in [3.63, 3.8) is 0 Å². The predicted molar refractivity (Wildman–Crippen MR) is 95.9 cm³/mol. The third-order valence-corrected chi connectivity index (χ3v) is 4.77. The number of nitrogens with one attached hydrogen (secondary N) is 1. The number of alkyl carbamates (subject to hydrolysis) is 1. The SMILES string of the molecule is CC(C)(C)OC(=O)N[C@@H]1CCC[C@H](n2cnc3cncc(Br)c32)C1. The van der Waals surface area contributed by atoms with Crippen LogP contribution in [0.5, 0.6) is 0 Å². The number of imidazole rings is 1. The Morgan fingerprint density at radius 2 is 2.17 bits per heavy atom. The van der Waals surface area contributed by atoms with Crippen LogP contribution in [0.2, 0.25) is 0 Å². The van der Waals surface area contributed by atoms with Crippen molar-refractivity contribution in [1.29, 1.82) is 0 Å². The molecule has 3 rings (SSSR count). The Bertz CT molecular complexity index is 738. The van der Waals surface area contributed by atoms with Gasteiger partial charge in [-0.2, -0.15) is 0 Å². The topological polar surface area (TPSA) is 69.0 Å². The molecule has 1 amide bonds. The molecule has 1 fully saturated rings. The Labute approximate surface area is 150 Å². The molecule has 0 aromatic carbocycles. The Kier molecular flexibility index (Phi) is 4.80. The van der Waals surface area contributed by atoms with E-state index in [9.17, 15) is 4.79 Å². The molecule has 7 heteroatoms. The zero-order chi connectivity index (χ0) is 17.3. The lowest BCUT2D eigenvalue weighted by Crippen LogP contribution is -2.41. The number of hydrogen-bond acceptors (Lipinski definition) is 4. The summed E-state index contributed by atoms with van der Waals surface area (Å²) >= 11 is 3.57. The van der Waals surface area contributed by atoms with Crippen LogP contribution in [0.1, 0.15) is 52.5 Å². The van der Waals surface area contributed by atoms with E-state index >= 15 is 0 Å². The van der Waals surface area contributed by atoms with Crippen molar-refractivity contribution in [1.82, 2.24) is 19.9 Å². The molecule has 24 heavy (non-hydrogen) atoms. The van der Waals surface area contributed by atoms with Gasteiger partial charge in [-0.1, -0.05) is 0 Å². The minimum Gasteiger partial charge on any atom is -0.444 e. The zero-order valence-electron chi connectivity index (χ0n) is 14.3. The van der Waals surface area contributed by atoms with E-state index in [1.807, 2.05) is 27.1 Å². The molecular formula is C17H23BrN4O2.